The number of rotatable bonds is 8. The molecule has 3 rings (SSSR count). The van der Waals surface area contributed by atoms with E-state index in [4.69, 9.17) is 0 Å². The molecule has 0 radical (unpaired) electrons. The summed E-state index contributed by atoms with van der Waals surface area (Å²) in [6.45, 7) is 8.77. The number of sulfonamides is 1. The van der Waals surface area contributed by atoms with Gasteiger partial charge in [-0.3, -0.25) is 9.62 Å². The Bertz CT molecular complexity index is 1180. The van der Waals surface area contributed by atoms with Gasteiger partial charge < -0.3 is 5.32 Å². The number of anilines is 2. The molecule has 0 bridgehead atoms. The number of nitrogens with one attached hydrogen (secondary N) is 2. The van der Waals surface area contributed by atoms with Gasteiger partial charge >= 0.3 is 0 Å². The molecule has 2 aromatic heterocycles. The molecule has 0 spiro atoms. The molecule has 0 aliphatic rings. The Morgan fingerprint density at radius 3 is 2.53 bits per heavy atom. The fourth-order valence-corrected chi connectivity index (χ4v) is 4.74. The average Bonchev–Trinajstić information content (AvgIpc) is 3.19. The Morgan fingerprint density at radius 2 is 1.91 bits per heavy atom. The van der Waals surface area contributed by atoms with E-state index in [-0.39, 0.29) is 28.6 Å². The standard InChI is InChI=1S/C22H28FN5O2S2/c1-15-19(32(29,30)27-21-13-31-14-25-21)9-10-20(26-15)24-11-17-16(7-6-8-18(17)23)12-28(5)22(2,3)4/h6-10,13-14,27H,11-12H2,1-5H3,(H,24,26). The van der Waals surface area contributed by atoms with Crippen LogP contribution in [0.25, 0.3) is 0 Å². The van der Waals surface area contributed by atoms with Crippen molar-refractivity contribution in [2.75, 3.05) is 17.1 Å². The van der Waals surface area contributed by atoms with E-state index < -0.39 is 10.0 Å². The van der Waals surface area contributed by atoms with Crippen LogP contribution in [0.1, 0.15) is 37.6 Å². The summed E-state index contributed by atoms with van der Waals surface area (Å²) in [5.41, 5.74) is 3.28. The maximum Gasteiger partial charge on any atom is 0.264 e. The van der Waals surface area contributed by atoms with Crippen LogP contribution in [0.5, 0.6) is 0 Å². The number of hydrogen-bond acceptors (Lipinski definition) is 7. The second kappa shape index (κ2) is 9.51. The molecule has 0 saturated carbocycles. The SMILES string of the molecule is Cc1nc(NCc2c(F)cccc2CN(C)C(C)(C)C)ccc1S(=O)(=O)Nc1cscn1. The van der Waals surface area contributed by atoms with Crippen molar-refractivity contribution in [1.82, 2.24) is 14.9 Å². The van der Waals surface area contributed by atoms with Crippen molar-refractivity contribution in [2.24, 2.45) is 0 Å². The maximum absolute atomic E-state index is 14.6. The van der Waals surface area contributed by atoms with E-state index >= 15 is 0 Å². The summed E-state index contributed by atoms with van der Waals surface area (Å²) in [6.07, 6.45) is 0. The highest BCUT2D eigenvalue weighted by Gasteiger charge is 2.21. The molecule has 0 aliphatic carbocycles. The van der Waals surface area contributed by atoms with Crippen LogP contribution >= 0.6 is 11.3 Å². The lowest BCUT2D eigenvalue weighted by Crippen LogP contribution is -2.37. The lowest BCUT2D eigenvalue weighted by Gasteiger charge is -2.32. The van der Waals surface area contributed by atoms with E-state index in [9.17, 15) is 12.8 Å². The Morgan fingerprint density at radius 1 is 1.16 bits per heavy atom. The van der Waals surface area contributed by atoms with Crippen LogP contribution in [0, 0.1) is 12.7 Å². The van der Waals surface area contributed by atoms with Gasteiger partial charge in [0.1, 0.15) is 16.5 Å². The second-order valence-corrected chi connectivity index (χ2v) is 10.9. The van der Waals surface area contributed by atoms with E-state index in [1.165, 1.54) is 23.5 Å². The summed E-state index contributed by atoms with van der Waals surface area (Å²) in [7, 11) is -1.79. The number of thiazole rings is 1. The summed E-state index contributed by atoms with van der Waals surface area (Å²) >= 11 is 1.30. The minimum absolute atomic E-state index is 0.0520. The monoisotopic (exact) mass is 477 g/mol. The van der Waals surface area contributed by atoms with Crippen molar-refractivity contribution in [1.29, 1.82) is 0 Å². The lowest BCUT2D eigenvalue weighted by molar-refractivity contribution is 0.167. The number of halogens is 1. The van der Waals surface area contributed by atoms with Gasteiger partial charge in [0.2, 0.25) is 0 Å². The van der Waals surface area contributed by atoms with E-state index in [1.807, 2.05) is 13.1 Å². The molecule has 0 fully saturated rings. The van der Waals surface area contributed by atoms with Gasteiger partial charge in [0.25, 0.3) is 10.0 Å². The van der Waals surface area contributed by atoms with Gasteiger partial charge in [-0.1, -0.05) is 12.1 Å². The predicted octanol–water partition coefficient (Wildman–Crippen LogP) is 4.63. The normalized spacial score (nSPS) is 12.2. The molecule has 10 heteroatoms. The van der Waals surface area contributed by atoms with Gasteiger partial charge in [-0.2, -0.15) is 0 Å². The molecule has 1 aromatic carbocycles. The third kappa shape index (κ3) is 5.81. The predicted molar refractivity (Wildman–Crippen MR) is 127 cm³/mol. The minimum atomic E-state index is -3.80. The zero-order valence-electron chi connectivity index (χ0n) is 18.8. The third-order valence-corrected chi connectivity index (χ3v) is 7.29. The van der Waals surface area contributed by atoms with Crippen LogP contribution in [0.15, 0.2) is 46.1 Å². The first-order valence-corrected chi connectivity index (χ1v) is 12.5. The summed E-state index contributed by atoms with van der Waals surface area (Å²) in [4.78, 5) is 10.5. The van der Waals surface area contributed by atoms with Gasteiger partial charge in [0.15, 0.2) is 5.82 Å². The number of hydrogen-bond donors (Lipinski definition) is 2. The van der Waals surface area contributed by atoms with Crippen LogP contribution < -0.4 is 10.0 Å². The van der Waals surface area contributed by atoms with E-state index in [2.05, 4.69) is 45.7 Å². The zero-order valence-corrected chi connectivity index (χ0v) is 20.4. The quantitative estimate of drug-likeness (QED) is 0.492. The first kappa shape index (κ1) is 24.1. The van der Waals surface area contributed by atoms with Crippen LogP contribution in [0.2, 0.25) is 0 Å². The van der Waals surface area contributed by atoms with Crippen molar-refractivity contribution in [3.8, 4) is 0 Å². The maximum atomic E-state index is 14.6. The molecule has 32 heavy (non-hydrogen) atoms. The lowest BCUT2D eigenvalue weighted by atomic mass is 10.0. The van der Waals surface area contributed by atoms with Gasteiger partial charge in [0.05, 0.1) is 11.2 Å². The number of aryl methyl sites for hydroxylation is 1. The summed E-state index contributed by atoms with van der Waals surface area (Å²) in [5.74, 6) is 0.443. The number of aromatic nitrogens is 2. The summed E-state index contributed by atoms with van der Waals surface area (Å²) < 4.78 is 42.3. The number of benzene rings is 1. The van der Waals surface area contributed by atoms with E-state index in [1.54, 1.807) is 29.9 Å². The summed E-state index contributed by atoms with van der Waals surface area (Å²) in [5, 5.41) is 4.73. The van der Waals surface area contributed by atoms with Crippen molar-refractivity contribution in [3.05, 3.63) is 63.9 Å². The van der Waals surface area contributed by atoms with Gasteiger partial charge in [0, 0.05) is 29.6 Å². The Hall–Kier alpha value is -2.56. The highest BCUT2D eigenvalue weighted by atomic mass is 32.2. The average molecular weight is 478 g/mol. The van der Waals surface area contributed by atoms with Crippen LogP contribution in [-0.4, -0.2) is 35.9 Å². The van der Waals surface area contributed by atoms with Crippen molar-refractivity contribution in [2.45, 2.75) is 51.2 Å². The minimum Gasteiger partial charge on any atom is -0.366 e. The van der Waals surface area contributed by atoms with Gasteiger partial charge in [-0.05, 0) is 58.5 Å². The van der Waals surface area contributed by atoms with Crippen molar-refractivity contribution in [3.63, 3.8) is 0 Å². The molecule has 0 unspecified atom stereocenters. The largest absolute Gasteiger partial charge is 0.366 e. The van der Waals surface area contributed by atoms with Crippen LogP contribution in [0.4, 0.5) is 16.0 Å². The fourth-order valence-electron chi connectivity index (χ4n) is 3.01. The Kier molecular flexibility index (Phi) is 7.16. The number of nitrogens with zero attached hydrogens (tertiary/aromatic N) is 3. The molecule has 172 valence electrons. The molecule has 0 saturated heterocycles. The molecule has 7 nitrogen and oxygen atoms in total. The molecule has 0 atom stereocenters. The molecule has 2 N–H and O–H groups in total. The molecule has 3 aromatic rings. The molecule has 0 amide bonds. The molecule has 2 heterocycles. The van der Waals surface area contributed by atoms with Gasteiger partial charge in [-0.25, -0.2) is 22.8 Å². The molecular formula is C22H28FN5O2S2. The Labute approximate surface area is 192 Å². The highest BCUT2D eigenvalue weighted by Crippen LogP contribution is 2.23. The summed E-state index contributed by atoms with van der Waals surface area (Å²) in [6, 6.07) is 8.12. The van der Waals surface area contributed by atoms with Crippen molar-refractivity contribution < 1.29 is 12.8 Å². The van der Waals surface area contributed by atoms with Crippen LogP contribution in [0.3, 0.4) is 0 Å². The highest BCUT2D eigenvalue weighted by molar-refractivity contribution is 7.92. The molecular weight excluding hydrogens is 449 g/mol. The molecule has 0 aliphatic heterocycles. The topological polar surface area (TPSA) is 87.2 Å². The fraction of sp³-hybridized carbons (Fsp3) is 0.364. The van der Waals surface area contributed by atoms with Crippen molar-refractivity contribution >= 4 is 33.0 Å². The van der Waals surface area contributed by atoms with Gasteiger partial charge in [-0.15, -0.1) is 11.3 Å². The first-order chi connectivity index (χ1) is 15.0. The first-order valence-electron chi connectivity index (χ1n) is 10.1. The Balaban J connectivity index is 1.76. The van der Waals surface area contributed by atoms with E-state index in [0.717, 1.165) is 5.56 Å². The second-order valence-electron chi connectivity index (χ2n) is 8.52. The number of pyridine rings is 1. The van der Waals surface area contributed by atoms with E-state index in [0.29, 0.717) is 23.6 Å². The zero-order chi connectivity index (χ0) is 23.5. The van der Waals surface area contributed by atoms with Crippen LogP contribution in [-0.2, 0) is 23.1 Å². The third-order valence-electron chi connectivity index (χ3n) is 5.21. The smallest absolute Gasteiger partial charge is 0.264 e.